The summed E-state index contributed by atoms with van der Waals surface area (Å²) in [7, 11) is 0. The molecule has 0 atom stereocenters. The van der Waals surface area contributed by atoms with E-state index in [-0.39, 0.29) is 12.4 Å². The van der Waals surface area contributed by atoms with Crippen LogP contribution < -0.4 is 4.74 Å². The lowest BCUT2D eigenvalue weighted by Crippen LogP contribution is -1.96. The SMILES string of the molecule is Cc1ccc(Oc2ccc(F)cc2)nc1CO. The van der Waals surface area contributed by atoms with Crippen LogP contribution in [0.25, 0.3) is 0 Å². The summed E-state index contributed by atoms with van der Waals surface area (Å²) >= 11 is 0. The van der Waals surface area contributed by atoms with E-state index < -0.39 is 0 Å². The summed E-state index contributed by atoms with van der Waals surface area (Å²) in [5.74, 6) is 0.572. The van der Waals surface area contributed by atoms with Gasteiger partial charge in [0.1, 0.15) is 11.6 Å². The Balaban J connectivity index is 2.21. The summed E-state index contributed by atoms with van der Waals surface area (Å²) in [5, 5.41) is 9.08. The van der Waals surface area contributed by atoms with Gasteiger partial charge in [-0.05, 0) is 36.8 Å². The van der Waals surface area contributed by atoms with E-state index in [0.717, 1.165) is 5.56 Å². The van der Waals surface area contributed by atoms with Crippen LogP contribution in [0, 0.1) is 12.7 Å². The summed E-state index contributed by atoms with van der Waals surface area (Å²) in [6.07, 6.45) is 0. The highest BCUT2D eigenvalue weighted by atomic mass is 19.1. The van der Waals surface area contributed by atoms with Crippen molar-refractivity contribution in [2.45, 2.75) is 13.5 Å². The highest BCUT2D eigenvalue weighted by Crippen LogP contribution is 2.20. The number of hydrogen-bond acceptors (Lipinski definition) is 3. The molecule has 0 bridgehead atoms. The molecule has 0 aliphatic carbocycles. The predicted octanol–water partition coefficient (Wildman–Crippen LogP) is 2.81. The molecule has 0 aliphatic heterocycles. The first-order valence-corrected chi connectivity index (χ1v) is 5.20. The maximum atomic E-state index is 12.7. The van der Waals surface area contributed by atoms with Gasteiger partial charge < -0.3 is 9.84 Å². The quantitative estimate of drug-likeness (QED) is 0.886. The van der Waals surface area contributed by atoms with Gasteiger partial charge in [-0.2, -0.15) is 0 Å². The Morgan fingerprint density at radius 2 is 1.88 bits per heavy atom. The van der Waals surface area contributed by atoms with Gasteiger partial charge in [0.05, 0.1) is 12.3 Å². The molecule has 1 aromatic carbocycles. The molecule has 0 radical (unpaired) electrons. The van der Waals surface area contributed by atoms with Crippen LogP contribution in [0.5, 0.6) is 11.6 Å². The third kappa shape index (κ3) is 2.79. The average Bonchev–Trinajstić information content (AvgIpc) is 2.34. The minimum absolute atomic E-state index is 0.132. The van der Waals surface area contributed by atoms with Gasteiger partial charge >= 0.3 is 0 Å². The fourth-order valence-electron chi connectivity index (χ4n) is 1.39. The summed E-state index contributed by atoms with van der Waals surface area (Å²) in [5.41, 5.74) is 1.48. The molecule has 1 heterocycles. The van der Waals surface area contributed by atoms with Crippen LogP contribution in [-0.2, 0) is 6.61 Å². The molecular formula is C13H12FNO2. The second-order valence-electron chi connectivity index (χ2n) is 3.63. The van der Waals surface area contributed by atoms with Crippen LogP contribution in [0.3, 0.4) is 0 Å². The predicted molar refractivity (Wildman–Crippen MR) is 61.4 cm³/mol. The molecule has 0 fully saturated rings. The zero-order chi connectivity index (χ0) is 12.3. The van der Waals surface area contributed by atoms with Gasteiger partial charge in [-0.15, -0.1) is 0 Å². The zero-order valence-corrected chi connectivity index (χ0v) is 9.35. The van der Waals surface area contributed by atoms with Gasteiger partial charge in [-0.3, -0.25) is 0 Å². The lowest BCUT2D eigenvalue weighted by atomic mass is 10.2. The van der Waals surface area contributed by atoms with E-state index in [9.17, 15) is 4.39 Å². The largest absolute Gasteiger partial charge is 0.439 e. The molecule has 1 aromatic heterocycles. The minimum Gasteiger partial charge on any atom is -0.439 e. The molecule has 1 N–H and O–H groups in total. The van der Waals surface area contributed by atoms with E-state index in [0.29, 0.717) is 17.3 Å². The molecular weight excluding hydrogens is 221 g/mol. The van der Waals surface area contributed by atoms with Crippen LogP contribution >= 0.6 is 0 Å². The van der Waals surface area contributed by atoms with Crippen molar-refractivity contribution in [3.8, 4) is 11.6 Å². The molecule has 3 nitrogen and oxygen atoms in total. The number of aromatic nitrogens is 1. The fourth-order valence-corrected chi connectivity index (χ4v) is 1.39. The van der Waals surface area contributed by atoms with Crippen LogP contribution in [-0.4, -0.2) is 10.1 Å². The van der Waals surface area contributed by atoms with Crippen molar-refractivity contribution in [1.29, 1.82) is 0 Å². The van der Waals surface area contributed by atoms with Crippen molar-refractivity contribution in [1.82, 2.24) is 4.98 Å². The number of rotatable bonds is 3. The van der Waals surface area contributed by atoms with E-state index in [1.54, 1.807) is 6.07 Å². The Kier molecular flexibility index (Phi) is 3.35. The Labute approximate surface area is 98.5 Å². The first-order chi connectivity index (χ1) is 8.19. The van der Waals surface area contributed by atoms with Crippen molar-refractivity contribution in [3.05, 3.63) is 53.5 Å². The lowest BCUT2D eigenvalue weighted by molar-refractivity contribution is 0.274. The Morgan fingerprint density at radius 3 is 2.53 bits per heavy atom. The molecule has 88 valence electrons. The molecule has 0 amide bonds. The zero-order valence-electron chi connectivity index (χ0n) is 9.35. The second kappa shape index (κ2) is 4.93. The standard InChI is InChI=1S/C13H12FNO2/c1-9-2-7-13(15-12(9)8-16)17-11-5-3-10(14)4-6-11/h2-7,16H,8H2,1H3. The summed E-state index contributed by atoms with van der Waals surface area (Å²) in [6.45, 7) is 1.73. The van der Waals surface area contributed by atoms with Crippen molar-refractivity contribution >= 4 is 0 Å². The molecule has 0 spiro atoms. The van der Waals surface area contributed by atoms with Crippen molar-refractivity contribution in [2.24, 2.45) is 0 Å². The van der Waals surface area contributed by atoms with Crippen LogP contribution in [0.2, 0.25) is 0 Å². The van der Waals surface area contributed by atoms with Gasteiger partial charge in [0, 0.05) is 6.07 Å². The molecule has 0 saturated heterocycles. The van der Waals surface area contributed by atoms with E-state index in [4.69, 9.17) is 9.84 Å². The van der Waals surface area contributed by atoms with Crippen LogP contribution in [0.15, 0.2) is 36.4 Å². The van der Waals surface area contributed by atoms with E-state index in [1.165, 1.54) is 24.3 Å². The molecule has 0 saturated carbocycles. The third-order valence-electron chi connectivity index (χ3n) is 2.36. The van der Waals surface area contributed by atoms with Gasteiger partial charge in [0.15, 0.2) is 0 Å². The molecule has 4 heteroatoms. The Bertz CT molecular complexity index is 511. The van der Waals surface area contributed by atoms with E-state index >= 15 is 0 Å². The highest BCUT2D eigenvalue weighted by Gasteiger charge is 2.03. The minimum atomic E-state index is -0.315. The second-order valence-corrected chi connectivity index (χ2v) is 3.63. The van der Waals surface area contributed by atoms with Crippen LogP contribution in [0.1, 0.15) is 11.3 Å². The third-order valence-corrected chi connectivity index (χ3v) is 2.36. The van der Waals surface area contributed by atoms with Crippen molar-refractivity contribution in [3.63, 3.8) is 0 Å². The number of aliphatic hydroxyl groups excluding tert-OH is 1. The van der Waals surface area contributed by atoms with Gasteiger partial charge in [-0.1, -0.05) is 6.07 Å². The molecule has 2 aromatic rings. The Hall–Kier alpha value is -1.94. The number of benzene rings is 1. The summed E-state index contributed by atoms with van der Waals surface area (Å²) < 4.78 is 18.1. The van der Waals surface area contributed by atoms with Gasteiger partial charge in [0.2, 0.25) is 5.88 Å². The van der Waals surface area contributed by atoms with Crippen molar-refractivity contribution in [2.75, 3.05) is 0 Å². The normalized spacial score (nSPS) is 10.3. The number of aliphatic hydroxyl groups is 1. The maximum Gasteiger partial charge on any atom is 0.219 e. The van der Waals surface area contributed by atoms with Gasteiger partial charge in [-0.25, -0.2) is 9.37 Å². The molecule has 0 aliphatic rings. The molecule has 0 unspecified atom stereocenters. The summed E-state index contributed by atoms with van der Waals surface area (Å²) in [6, 6.07) is 9.20. The van der Waals surface area contributed by atoms with Crippen molar-refractivity contribution < 1.29 is 14.2 Å². The average molecular weight is 233 g/mol. The lowest BCUT2D eigenvalue weighted by Gasteiger charge is -2.07. The monoisotopic (exact) mass is 233 g/mol. The van der Waals surface area contributed by atoms with E-state index in [2.05, 4.69) is 4.98 Å². The Morgan fingerprint density at radius 1 is 1.18 bits per heavy atom. The molecule has 17 heavy (non-hydrogen) atoms. The highest BCUT2D eigenvalue weighted by molar-refractivity contribution is 5.30. The number of aryl methyl sites for hydroxylation is 1. The topological polar surface area (TPSA) is 42.4 Å². The van der Waals surface area contributed by atoms with Crippen LogP contribution in [0.4, 0.5) is 4.39 Å². The first kappa shape index (κ1) is 11.5. The fraction of sp³-hybridized carbons (Fsp3) is 0.154. The number of hydrogen-bond donors (Lipinski definition) is 1. The number of ether oxygens (including phenoxy) is 1. The smallest absolute Gasteiger partial charge is 0.219 e. The van der Waals surface area contributed by atoms with Gasteiger partial charge in [0.25, 0.3) is 0 Å². The summed E-state index contributed by atoms with van der Waals surface area (Å²) in [4.78, 5) is 4.14. The maximum absolute atomic E-state index is 12.7. The van der Waals surface area contributed by atoms with E-state index in [1.807, 2.05) is 13.0 Å². The first-order valence-electron chi connectivity index (χ1n) is 5.20. The number of pyridine rings is 1. The number of halogens is 1. The number of nitrogens with zero attached hydrogens (tertiary/aromatic N) is 1. The molecule has 2 rings (SSSR count).